The van der Waals surface area contributed by atoms with E-state index in [0.717, 1.165) is 42.7 Å². The lowest BCUT2D eigenvalue weighted by atomic mass is 10.2. The van der Waals surface area contributed by atoms with Crippen LogP contribution in [-0.4, -0.2) is 27.5 Å². The Kier molecular flexibility index (Phi) is 3.79. The van der Waals surface area contributed by atoms with Gasteiger partial charge in [-0.05, 0) is 57.1 Å². The molecule has 0 amide bonds. The third-order valence-electron chi connectivity index (χ3n) is 4.50. The van der Waals surface area contributed by atoms with Crippen molar-refractivity contribution in [3.8, 4) is 11.6 Å². The van der Waals surface area contributed by atoms with E-state index in [1.807, 2.05) is 37.5 Å². The smallest absolute Gasteiger partial charge is 0.176 e. The van der Waals surface area contributed by atoms with Crippen LogP contribution in [0.5, 0.6) is 0 Å². The average Bonchev–Trinajstić information content (AvgIpc) is 3.32. The topological polar surface area (TPSA) is 47.3 Å². The van der Waals surface area contributed by atoms with Gasteiger partial charge in [0.05, 0.1) is 12.3 Å². The molecular weight excluding hydrogens is 290 g/mol. The second kappa shape index (κ2) is 6.08. The summed E-state index contributed by atoms with van der Waals surface area (Å²) in [6.07, 6.45) is 8.11. The van der Waals surface area contributed by atoms with E-state index < -0.39 is 0 Å². The molecule has 1 aliphatic heterocycles. The molecule has 1 unspecified atom stereocenters. The highest BCUT2D eigenvalue weighted by atomic mass is 16.3. The van der Waals surface area contributed by atoms with Crippen molar-refractivity contribution in [1.29, 1.82) is 0 Å². The predicted octanol–water partition coefficient (Wildman–Crippen LogP) is 3.88. The zero-order valence-electron chi connectivity index (χ0n) is 13.3. The first-order chi connectivity index (χ1) is 11.3. The van der Waals surface area contributed by atoms with E-state index in [0.29, 0.717) is 0 Å². The van der Waals surface area contributed by atoms with Crippen LogP contribution in [0.3, 0.4) is 0 Å². The third kappa shape index (κ3) is 2.84. The summed E-state index contributed by atoms with van der Waals surface area (Å²) < 4.78 is 13.6. The Hall–Kier alpha value is -2.27. The van der Waals surface area contributed by atoms with Gasteiger partial charge in [-0.15, -0.1) is 0 Å². The largest absolute Gasteiger partial charge is 0.468 e. The molecule has 0 saturated carbocycles. The Balaban J connectivity index is 1.63. The molecule has 120 valence electrons. The van der Waals surface area contributed by atoms with Crippen LogP contribution in [0.1, 0.15) is 30.4 Å². The van der Waals surface area contributed by atoms with E-state index in [-0.39, 0.29) is 6.04 Å². The summed E-state index contributed by atoms with van der Waals surface area (Å²) in [5, 5.41) is 0. The van der Waals surface area contributed by atoms with Gasteiger partial charge in [0.15, 0.2) is 11.6 Å². The molecule has 5 nitrogen and oxygen atoms in total. The lowest BCUT2D eigenvalue weighted by Gasteiger charge is -2.26. The first kappa shape index (κ1) is 14.3. The number of imidazole rings is 1. The molecule has 1 atom stereocenters. The predicted molar refractivity (Wildman–Crippen MR) is 86.9 cm³/mol. The maximum Gasteiger partial charge on any atom is 0.176 e. The summed E-state index contributed by atoms with van der Waals surface area (Å²) in [4.78, 5) is 6.98. The molecule has 1 saturated heterocycles. The first-order valence-electron chi connectivity index (χ1n) is 8.16. The Morgan fingerprint density at radius 2 is 2.09 bits per heavy atom. The second-order valence-corrected chi connectivity index (χ2v) is 6.09. The molecule has 3 aromatic rings. The van der Waals surface area contributed by atoms with Crippen LogP contribution < -0.4 is 0 Å². The molecule has 1 aliphatic rings. The molecule has 5 heteroatoms. The van der Waals surface area contributed by atoms with Crippen molar-refractivity contribution in [3.05, 3.63) is 54.4 Å². The Morgan fingerprint density at radius 3 is 2.78 bits per heavy atom. The molecule has 0 bridgehead atoms. The molecule has 23 heavy (non-hydrogen) atoms. The van der Waals surface area contributed by atoms with Crippen LogP contribution in [0.4, 0.5) is 0 Å². The van der Waals surface area contributed by atoms with Gasteiger partial charge in [0, 0.05) is 18.9 Å². The highest BCUT2D eigenvalue weighted by Gasteiger charge is 2.27. The Morgan fingerprint density at radius 1 is 1.22 bits per heavy atom. The van der Waals surface area contributed by atoms with Crippen LogP contribution in [0.15, 0.2) is 51.8 Å². The zero-order valence-corrected chi connectivity index (χ0v) is 13.3. The average molecular weight is 311 g/mol. The molecule has 0 aromatic carbocycles. The van der Waals surface area contributed by atoms with Gasteiger partial charge in [-0.2, -0.15) is 0 Å². The molecule has 0 aliphatic carbocycles. The maximum absolute atomic E-state index is 5.75. The number of likely N-dealkylation sites (tertiary alicyclic amines) is 1. The highest BCUT2D eigenvalue weighted by molar-refractivity contribution is 5.47. The van der Waals surface area contributed by atoms with Crippen molar-refractivity contribution in [2.45, 2.75) is 32.4 Å². The molecule has 0 N–H and O–H groups in total. The van der Waals surface area contributed by atoms with Crippen LogP contribution in [0.2, 0.25) is 0 Å². The molecule has 0 spiro atoms. The van der Waals surface area contributed by atoms with E-state index >= 15 is 0 Å². The van der Waals surface area contributed by atoms with Gasteiger partial charge in [0.1, 0.15) is 11.5 Å². The van der Waals surface area contributed by atoms with Gasteiger partial charge >= 0.3 is 0 Å². The van der Waals surface area contributed by atoms with Gasteiger partial charge in [0.25, 0.3) is 0 Å². The lowest BCUT2D eigenvalue weighted by molar-refractivity contribution is 0.194. The highest BCUT2D eigenvalue weighted by Crippen LogP contribution is 2.29. The Labute approximate surface area is 135 Å². The van der Waals surface area contributed by atoms with Crippen molar-refractivity contribution >= 4 is 0 Å². The maximum atomic E-state index is 5.75. The second-order valence-electron chi connectivity index (χ2n) is 6.09. The van der Waals surface area contributed by atoms with E-state index in [1.165, 1.54) is 12.8 Å². The number of nitrogens with zero attached hydrogens (tertiary/aromatic N) is 3. The summed E-state index contributed by atoms with van der Waals surface area (Å²) in [7, 11) is 0. The van der Waals surface area contributed by atoms with Gasteiger partial charge in [0.2, 0.25) is 0 Å². The van der Waals surface area contributed by atoms with Crippen LogP contribution in [0, 0.1) is 6.92 Å². The van der Waals surface area contributed by atoms with Crippen molar-refractivity contribution < 1.29 is 8.83 Å². The van der Waals surface area contributed by atoms with Gasteiger partial charge in [-0.25, -0.2) is 4.98 Å². The van der Waals surface area contributed by atoms with E-state index in [1.54, 1.807) is 6.26 Å². The van der Waals surface area contributed by atoms with E-state index in [9.17, 15) is 0 Å². The number of rotatable bonds is 5. The molecule has 1 fully saturated rings. The van der Waals surface area contributed by atoms with Crippen LogP contribution in [-0.2, 0) is 6.54 Å². The van der Waals surface area contributed by atoms with Gasteiger partial charge in [-0.1, -0.05) is 0 Å². The van der Waals surface area contributed by atoms with Crippen LogP contribution >= 0.6 is 0 Å². The van der Waals surface area contributed by atoms with Crippen molar-refractivity contribution in [1.82, 2.24) is 14.5 Å². The van der Waals surface area contributed by atoms with Crippen LogP contribution in [0.25, 0.3) is 11.6 Å². The standard InChI is InChI=1S/C18H21N3O2/c1-14-6-7-17(23-14)18-19-8-11-21(18)13-15(16-5-4-12-22-16)20-9-2-3-10-20/h4-8,11-12,15H,2-3,9-10,13H2,1H3. The lowest BCUT2D eigenvalue weighted by Crippen LogP contribution is -2.29. The van der Waals surface area contributed by atoms with Crippen molar-refractivity contribution in [2.75, 3.05) is 13.1 Å². The summed E-state index contributed by atoms with van der Waals surface area (Å²) in [6, 6.07) is 8.21. The summed E-state index contributed by atoms with van der Waals surface area (Å²) >= 11 is 0. The Bertz CT molecular complexity index is 751. The molecule has 4 rings (SSSR count). The summed E-state index contributed by atoms with van der Waals surface area (Å²) in [6.45, 7) is 5.00. The quantitative estimate of drug-likeness (QED) is 0.717. The minimum Gasteiger partial charge on any atom is -0.468 e. The fraction of sp³-hybridized carbons (Fsp3) is 0.389. The van der Waals surface area contributed by atoms with E-state index in [4.69, 9.17) is 8.83 Å². The van der Waals surface area contributed by atoms with E-state index in [2.05, 4.69) is 20.5 Å². The number of aromatic nitrogens is 2. The zero-order chi connectivity index (χ0) is 15.6. The van der Waals surface area contributed by atoms with Crippen molar-refractivity contribution in [3.63, 3.8) is 0 Å². The SMILES string of the molecule is Cc1ccc(-c2nccn2CC(c2ccco2)N2CCCC2)o1. The van der Waals surface area contributed by atoms with Gasteiger partial charge < -0.3 is 13.4 Å². The first-order valence-corrected chi connectivity index (χ1v) is 8.16. The van der Waals surface area contributed by atoms with Gasteiger partial charge in [-0.3, -0.25) is 4.90 Å². The fourth-order valence-electron chi connectivity index (χ4n) is 3.34. The fourth-order valence-corrected chi connectivity index (χ4v) is 3.34. The third-order valence-corrected chi connectivity index (χ3v) is 4.50. The number of aryl methyl sites for hydroxylation is 1. The summed E-state index contributed by atoms with van der Waals surface area (Å²) in [5.74, 6) is 3.60. The monoisotopic (exact) mass is 311 g/mol. The van der Waals surface area contributed by atoms with Crippen molar-refractivity contribution in [2.24, 2.45) is 0 Å². The number of hydrogen-bond acceptors (Lipinski definition) is 4. The summed E-state index contributed by atoms with van der Waals surface area (Å²) in [5.41, 5.74) is 0. The molecule has 3 aromatic heterocycles. The normalized spacial score (nSPS) is 16.9. The minimum absolute atomic E-state index is 0.233. The minimum atomic E-state index is 0.233. The number of furan rings is 2. The molecule has 0 radical (unpaired) electrons. The molecular formula is C18H21N3O2. The molecule has 4 heterocycles. The number of hydrogen-bond donors (Lipinski definition) is 0.